The number of carbonyl (C=O) groups excluding carboxylic acids is 2. The van der Waals surface area contributed by atoms with Crippen molar-refractivity contribution < 1.29 is 14.3 Å². The molecule has 1 saturated heterocycles. The summed E-state index contributed by atoms with van der Waals surface area (Å²) in [6.07, 6.45) is 3.74. The van der Waals surface area contributed by atoms with Crippen LogP contribution in [0.25, 0.3) is 6.08 Å². The molecular weight excluding hydrogens is 508 g/mol. The van der Waals surface area contributed by atoms with Gasteiger partial charge in [0.15, 0.2) is 6.61 Å². The Morgan fingerprint density at radius 1 is 1.25 bits per heavy atom. The summed E-state index contributed by atoms with van der Waals surface area (Å²) in [7, 11) is 0. The zero-order valence-electron chi connectivity index (χ0n) is 18.2. The number of nitrogens with one attached hydrogen (secondary N) is 1. The Morgan fingerprint density at radius 3 is 2.66 bits per heavy atom. The predicted octanol–water partition coefficient (Wildman–Crippen LogP) is 6.08. The van der Waals surface area contributed by atoms with Gasteiger partial charge < -0.3 is 10.1 Å². The van der Waals surface area contributed by atoms with E-state index < -0.39 is 0 Å². The number of hydrogen-bond acceptors (Lipinski definition) is 5. The van der Waals surface area contributed by atoms with E-state index in [1.807, 2.05) is 50.3 Å². The Hall–Kier alpha value is -2.16. The number of benzene rings is 2. The third-order valence-corrected chi connectivity index (χ3v) is 6.73. The molecule has 0 spiro atoms. The normalized spacial score (nSPS) is 14.9. The molecule has 1 fully saturated rings. The molecule has 3 rings (SSSR count). The molecule has 0 radical (unpaired) electrons. The van der Waals surface area contributed by atoms with Gasteiger partial charge in [-0.1, -0.05) is 65.4 Å². The molecule has 0 atom stereocenters. The Kier molecular flexibility index (Phi) is 8.51. The number of anilines is 1. The maximum Gasteiger partial charge on any atom is 0.266 e. The Morgan fingerprint density at radius 2 is 1.97 bits per heavy atom. The average Bonchev–Trinajstić information content (AvgIpc) is 3.00. The van der Waals surface area contributed by atoms with Crippen molar-refractivity contribution in [1.29, 1.82) is 0 Å². The lowest BCUT2D eigenvalue weighted by Gasteiger charge is -2.13. The van der Waals surface area contributed by atoms with Crippen molar-refractivity contribution in [3.8, 4) is 5.75 Å². The summed E-state index contributed by atoms with van der Waals surface area (Å²) in [5.41, 5.74) is 3.56. The number of rotatable bonds is 8. The molecule has 0 aromatic heterocycles. The third-order valence-electron chi connectivity index (χ3n) is 4.90. The van der Waals surface area contributed by atoms with Crippen LogP contribution in [-0.4, -0.2) is 34.2 Å². The van der Waals surface area contributed by atoms with Crippen LogP contribution in [0, 0.1) is 13.8 Å². The van der Waals surface area contributed by atoms with Crippen LogP contribution in [-0.2, 0) is 9.59 Å². The molecule has 2 aromatic rings. The minimum absolute atomic E-state index is 0.0561. The van der Waals surface area contributed by atoms with Crippen molar-refractivity contribution in [3.05, 3.63) is 62.5 Å². The van der Waals surface area contributed by atoms with Crippen molar-refractivity contribution in [1.82, 2.24) is 4.90 Å². The number of carbonyl (C=O) groups is 2. The van der Waals surface area contributed by atoms with Crippen LogP contribution in [0.1, 0.15) is 36.5 Å². The van der Waals surface area contributed by atoms with Gasteiger partial charge in [-0.15, -0.1) is 0 Å². The molecular formula is C24H25BrN2O3S2. The zero-order chi connectivity index (χ0) is 23.3. The van der Waals surface area contributed by atoms with Gasteiger partial charge in [0, 0.05) is 16.7 Å². The summed E-state index contributed by atoms with van der Waals surface area (Å²) in [4.78, 5) is 27.3. The lowest BCUT2D eigenvalue weighted by Crippen LogP contribution is -2.28. The van der Waals surface area contributed by atoms with Gasteiger partial charge in [0.25, 0.3) is 11.8 Å². The lowest BCUT2D eigenvalue weighted by atomic mass is 10.1. The van der Waals surface area contributed by atoms with Crippen LogP contribution in [0.5, 0.6) is 5.75 Å². The lowest BCUT2D eigenvalue weighted by molar-refractivity contribution is -0.122. The van der Waals surface area contributed by atoms with Crippen molar-refractivity contribution in [3.63, 3.8) is 0 Å². The summed E-state index contributed by atoms with van der Waals surface area (Å²) < 4.78 is 7.26. The average molecular weight is 534 g/mol. The fourth-order valence-electron chi connectivity index (χ4n) is 3.29. The monoisotopic (exact) mass is 532 g/mol. The number of hydrogen-bond donors (Lipinski definition) is 1. The molecule has 0 aliphatic carbocycles. The standard InChI is InChI=1S/C24H25BrN2O3S2/c1-4-5-9-27-23(29)20(32-24(27)31)13-17-7-6-8-19(12-17)30-14-21(28)26-22-15(2)10-18(25)11-16(22)3/h6-8,10-13H,4-5,9,14H2,1-3H3,(H,26,28)/b20-13-. The topological polar surface area (TPSA) is 58.6 Å². The summed E-state index contributed by atoms with van der Waals surface area (Å²) >= 11 is 10.1. The molecule has 1 aliphatic rings. The van der Waals surface area contributed by atoms with Crippen LogP contribution in [0.4, 0.5) is 5.69 Å². The highest BCUT2D eigenvalue weighted by Gasteiger charge is 2.31. The number of aryl methyl sites for hydroxylation is 2. The molecule has 1 heterocycles. The van der Waals surface area contributed by atoms with E-state index in [0.717, 1.165) is 39.7 Å². The fraction of sp³-hybridized carbons (Fsp3) is 0.292. The number of nitrogens with zero attached hydrogens (tertiary/aromatic N) is 1. The minimum atomic E-state index is -0.235. The van der Waals surface area contributed by atoms with E-state index in [1.165, 1.54) is 11.8 Å². The van der Waals surface area contributed by atoms with Gasteiger partial charge in [-0.25, -0.2) is 0 Å². The minimum Gasteiger partial charge on any atom is -0.484 e. The van der Waals surface area contributed by atoms with Gasteiger partial charge in [-0.05, 0) is 67.3 Å². The highest BCUT2D eigenvalue weighted by Crippen LogP contribution is 2.33. The quantitative estimate of drug-likeness (QED) is 0.329. The molecule has 2 aromatic carbocycles. The number of unbranched alkanes of at least 4 members (excludes halogenated alkanes) is 1. The van der Waals surface area contributed by atoms with Gasteiger partial charge in [-0.2, -0.15) is 0 Å². The van der Waals surface area contributed by atoms with Gasteiger partial charge in [0.1, 0.15) is 10.1 Å². The van der Waals surface area contributed by atoms with Crippen molar-refractivity contribution in [2.24, 2.45) is 0 Å². The number of thiocarbonyl (C=S) groups is 1. The first-order valence-electron chi connectivity index (χ1n) is 10.3. The van der Waals surface area contributed by atoms with Gasteiger partial charge in [-0.3, -0.25) is 14.5 Å². The van der Waals surface area contributed by atoms with E-state index in [-0.39, 0.29) is 18.4 Å². The van der Waals surface area contributed by atoms with Gasteiger partial charge in [0.05, 0.1) is 4.91 Å². The van der Waals surface area contributed by atoms with Crippen molar-refractivity contribution >= 4 is 67.8 Å². The molecule has 0 unspecified atom stereocenters. The van der Waals surface area contributed by atoms with E-state index in [0.29, 0.717) is 21.5 Å². The molecule has 32 heavy (non-hydrogen) atoms. The summed E-state index contributed by atoms with van der Waals surface area (Å²) in [6, 6.07) is 11.2. The second kappa shape index (κ2) is 11.1. The molecule has 0 bridgehead atoms. The van der Waals surface area contributed by atoms with Crippen LogP contribution in [0.3, 0.4) is 0 Å². The molecule has 1 aliphatic heterocycles. The summed E-state index contributed by atoms with van der Waals surface area (Å²) in [5.74, 6) is 0.264. The summed E-state index contributed by atoms with van der Waals surface area (Å²) in [6.45, 7) is 6.51. The predicted molar refractivity (Wildman–Crippen MR) is 139 cm³/mol. The SMILES string of the molecule is CCCCN1C(=O)/C(=C/c2cccc(OCC(=O)Nc3c(C)cc(Br)cc3C)c2)SC1=S. The first kappa shape index (κ1) is 24.5. The summed E-state index contributed by atoms with van der Waals surface area (Å²) in [5, 5.41) is 2.92. The molecule has 2 amide bonds. The van der Waals surface area contributed by atoms with E-state index in [1.54, 1.807) is 11.0 Å². The molecule has 0 saturated carbocycles. The molecule has 1 N–H and O–H groups in total. The Labute approximate surface area is 206 Å². The third kappa shape index (κ3) is 6.21. The first-order chi connectivity index (χ1) is 15.3. The number of ether oxygens (including phenoxy) is 1. The Balaban J connectivity index is 1.63. The first-order valence-corrected chi connectivity index (χ1v) is 12.3. The smallest absolute Gasteiger partial charge is 0.266 e. The Bertz CT molecular complexity index is 1060. The van der Waals surface area contributed by atoms with Crippen molar-refractivity contribution in [2.75, 3.05) is 18.5 Å². The van der Waals surface area contributed by atoms with Crippen LogP contribution >= 0.6 is 39.9 Å². The highest BCUT2D eigenvalue weighted by molar-refractivity contribution is 9.10. The fourth-order valence-corrected chi connectivity index (χ4v) is 5.28. The van der Waals surface area contributed by atoms with Crippen LogP contribution in [0.2, 0.25) is 0 Å². The highest BCUT2D eigenvalue weighted by atomic mass is 79.9. The maximum absolute atomic E-state index is 12.6. The van der Waals surface area contributed by atoms with Gasteiger partial charge in [0.2, 0.25) is 0 Å². The van der Waals surface area contributed by atoms with Crippen LogP contribution < -0.4 is 10.1 Å². The largest absolute Gasteiger partial charge is 0.484 e. The van der Waals surface area contributed by atoms with Gasteiger partial charge >= 0.3 is 0 Å². The van der Waals surface area contributed by atoms with Crippen LogP contribution in [0.15, 0.2) is 45.8 Å². The maximum atomic E-state index is 12.6. The van der Waals surface area contributed by atoms with E-state index >= 15 is 0 Å². The second-order valence-electron chi connectivity index (χ2n) is 7.51. The molecule has 168 valence electrons. The number of amides is 2. The molecule has 8 heteroatoms. The second-order valence-corrected chi connectivity index (χ2v) is 10.1. The molecule has 5 nitrogen and oxygen atoms in total. The number of halogens is 1. The van der Waals surface area contributed by atoms with E-state index in [4.69, 9.17) is 17.0 Å². The number of thioether (sulfide) groups is 1. The zero-order valence-corrected chi connectivity index (χ0v) is 21.5. The van der Waals surface area contributed by atoms with E-state index in [9.17, 15) is 9.59 Å². The van der Waals surface area contributed by atoms with Crippen molar-refractivity contribution in [2.45, 2.75) is 33.6 Å². The van der Waals surface area contributed by atoms with E-state index in [2.05, 4.69) is 28.2 Å².